The lowest BCUT2D eigenvalue weighted by molar-refractivity contribution is -0.114. The SMILES string of the molecule is COc1cccc2c(-n3cncn3)nc(NC(C)=O)nc12. The number of hydrogen-bond donors (Lipinski definition) is 1. The van der Waals surface area contributed by atoms with Gasteiger partial charge in [-0.15, -0.1) is 0 Å². The fourth-order valence-corrected chi connectivity index (χ4v) is 1.98. The van der Waals surface area contributed by atoms with Crippen molar-refractivity contribution in [3.63, 3.8) is 0 Å². The van der Waals surface area contributed by atoms with Crippen molar-refractivity contribution < 1.29 is 9.53 Å². The quantitative estimate of drug-likeness (QED) is 0.776. The number of aromatic nitrogens is 5. The first-order valence-electron chi connectivity index (χ1n) is 6.16. The van der Waals surface area contributed by atoms with Crippen molar-refractivity contribution in [2.75, 3.05) is 12.4 Å². The molecule has 3 aromatic rings. The predicted octanol–water partition coefficient (Wildman–Crippen LogP) is 1.18. The van der Waals surface area contributed by atoms with Crippen molar-refractivity contribution in [3.8, 4) is 11.6 Å². The van der Waals surface area contributed by atoms with E-state index in [1.165, 1.54) is 24.3 Å². The summed E-state index contributed by atoms with van der Waals surface area (Å²) in [4.78, 5) is 23.8. The zero-order chi connectivity index (χ0) is 14.8. The summed E-state index contributed by atoms with van der Waals surface area (Å²) in [6.07, 6.45) is 2.94. The van der Waals surface area contributed by atoms with Crippen LogP contribution in [0.2, 0.25) is 0 Å². The number of fused-ring (bicyclic) bond motifs is 1. The van der Waals surface area contributed by atoms with E-state index in [0.29, 0.717) is 17.1 Å². The fourth-order valence-electron chi connectivity index (χ4n) is 1.98. The van der Waals surface area contributed by atoms with Crippen LogP contribution in [0.15, 0.2) is 30.9 Å². The third-order valence-electron chi connectivity index (χ3n) is 2.81. The van der Waals surface area contributed by atoms with Crippen molar-refractivity contribution >= 4 is 22.8 Å². The highest BCUT2D eigenvalue weighted by Crippen LogP contribution is 2.28. The van der Waals surface area contributed by atoms with E-state index >= 15 is 0 Å². The number of carbonyl (C=O) groups is 1. The predicted molar refractivity (Wildman–Crippen MR) is 75.3 cm³/mol. The van der Waals surface area contributed by atoms with Crippen LogP contribution in [0.5, 0.6) is 5.75 Å². The number of anilines is 1. The standard InChI is InChI=1S/C13H12N6O2/c1-8(20)16-13-17-11-9(4-3-5-10(11)21-2)12(18-13)19-7-14-6-15-19/h3-7H,1-2H3,(H,16,17,18,20). The molecule has 0 bridgehead atoms. The van der Waals surface area contributed by atoms with Crippen LogP contribution in [0, 0.1) is 0 Å². The van der Waals surface area contributed by atoms with Gasteiger partial charge in [-0.25, -0.2) is 14.6 Å². The third kappa shape index (κ3) is 2.38. The minimum Gasteiger partial charge on any atom is -0.494 e. The monoisotopic (exact) mass is 284 g/mol. The molecule has 0 aliphatic heterocycles. The fraction of sp³-hybridized carbons (Fsp3) is 0.154. The van der Waals surface area contributed by atoms with Gasteiger partial charge in [0.1, 0.15) is 23.9 Å². The molecule has 0 aliphatic rings. The number of benzene rings is 1. The van der Waals surface area contributed by atoms with E-state index in [0.717, 1.165) is 5.39 Å². The maximum Gasteiger partial charge on any atom is 0.232 e. The molecule has 2 aromatic heterocycles. The molecule has 8 nitrogen and oxygen atoms in total. The van der Waals surface area contributed by atoms with Gasteiger partial charge in [-0.3, -0.25) is 10.1 Å². The molecule has 1 amide bonds. The van der Waals surface area contributed by atoms with Crippen LogP contribution >= 0.6 is 0 Å². The number of rotatable bonds is 3. The van der Waals surface area contributed by atoms with Gasteiger partial charge >= 0.3 is 0 Å². The van der Waals surface area contributed by atoms with Crippen molar-refractivity contribution in [3.05, 3.63) is 30.9 Å². The Balaban J connectivity index is 2.30. The third-order valence-corrected chi connectivity index (χ3v) is 2.81. The van der Waals surface area contributed by atoms with Crippen LogP contribution in [0.25, 0.3) is 16.7 Å². The van der Waals surface area contributed by atoms with Gasteiger partial charge in [0.25, 0.3) is 0 Å². The van der Waals surface area contributed by atoms with Gasteiger partial charge < -0.3 is 4.74 Å². The Hall–Kier alpha value is -3.03. The summed E-state index contributed by atoms with van der Waals surface area (Å²) in [5.74, 6) is 1.03. The van der Waals surface area contributed by atoms with Crippen LogP contribution in [-0.2, 0) is 4.79 Å². The molecule has 1 aromatic carbocycles. The zero-order valence-corrected chi connectivity index (χ0v) is 11.4. The lowest BCUT2D eigenvalue weighted by atomic mass is 10.2. The van der Waals surface area contributed by atoms with Gasteiger partial charge in [0, 0.05) is 12.3 Å². The molecule has 8 heteroatoms. The van der Waals surface area contributed by atoms with Gasteiger partial charge in [0.15, 0.2) is 5.82 Å². The van der Waals surface area contributed by atoms with E-state index in [4.69, 9.17) is 4.74 Å². The Kier molecular flexibility index (Phi) is 3.19. The summed E-state index contributed by atoms with van der Waals surface area (Å²) in [5, 5.41) is 7.39. The van der Waals surface area contributed by atoms with E-state index in [2.05, 4.69) is 25.4 Å². The Labute approximate surface area is 119 Å². The van der Waals surface area contributed by atoms with Crippen LogP contribution in [0.1, 0.15) is 6.92 Å². The molecule has 0 saturated carbocycles. The smallest absolute Gasteiger partial charge is 0.232 e. The molecule has 0 atom stereocenters. The normalized spacial score (nSPS) is 10.6. The average Bonchev–Trinajstić information content (AvgIpc) is 2.99. The number of ether oxygens (including phenoxy) is 1. The van der Waals surface area contributed by atoms with Gasteiger partial charge in [-0.05, 0) is 12.1 Å². The first kappa shape index (κ1) is 13.0. The number of methoxy groups -OCH3 is 1. The average molecular weight is 284 g/mol. The summed E-state index contributed by atoms with van der Waals surface area (Å²) >= 11 is 0. The number of para-hydroxylation sites is 1. The van der Waals surface area contributed by atoms with E-state index < -0.39 is 0 Å². The Bertz CT molecular complexity index is 800. The van der Waals surface area contributed by atoms with Gasteiger partial charge in [-0.1, -0.05) is 6.07 Å². The second-order valence-electron chi connectivity index (χ2n) is 4.25. The minimum atomic E-state index is -0.256. The molecule has 2 heterocycles. The van der Waals surface area contributed by atoms with Crippen LogP contribution < -0.4 is 10.1 Å². The summed E-state index contributed by atoms with van der Waals surface area (Å²) in [6.45, 7) is 1.39. The molecule has 0 fully saturated rings. The largest absolute Gasteiger partial charge is 0.494 e. The van der Waals surface area contributed by atoms with Crippen molar-refractivity contribution in [1.29, 1.82) is 0 Å². The second-order valence-corrected chi connectivity index (χ2v) is 4.25. The molecule has 0 spiro atoms. The van der Waals surface area contributed by atoms with E-state index in [9.17, 15) is 4.79 Å². The highest BCUT2D eigenvalue weighted by atomic mass is 16.5. The summed E-state index contributed by atoms with van der Waals surface area (Å²) in [7, 11) is 1.56. The molecular weight excluding hydrogens is 272 g/mol. The maximum absolute atomic E-state index is 11.2. The summed E-state index contributed by atoms with van der Waals surface area (Å²) in [5.41, 5.74) is 0.587. The number of carbonyl (C=O) groups excluding carboxylic acids is 1. The first-order valence-corrected chi connectivity index (χ1v) is 6.16. The Morgan fingerprint density at radius 2 is 2.19 bits per heavy atom. The Morgan fingerprint density at radius 3 is 2.86 bits per heavy atom. The van der Waals surface area contributed by atoms with E-state index in [1.807, 2.05) is 12.1 Å². The van der Waals surface area contributed by atoms with E-state index in [1.54, 1.807) is 13.2 Å². The number of nitrogens with zero attached hydrogens (tertiary/aromatic N) is 5. The van der Waals surface area contributed by atoms with Crippen LogP contribution in [0.4, 0.5) is 5.95 Å². The minimum absolute atomic E-state index is 0.185. The number of hydrogen-bond acceptors (Lipinski definition) is 6. The molecule has 0 aliphatic carbocycles. The van der Waals surface area contributed by atoms with Crippen molar-refractivity contribution in [2.24, 2.45) is 0 Å². The van der Waals surface area contributed by atoms with Crippen LogP contribution in [-0.4, -0.2) is 37.7 Å². The number of amides is 1. The highest BCUT2D eigenvalue weighted by Gasteiger charge is 2.14. The van der Waals surface area contributed by atoms with Gasteiger partial charge in [0.2, 0.25) is 11.9 Å². The van der Waals surface area contributed by atoms with E-state index in [-0.39, 0.29) is 11.9 Å². The molecule has 0 saturated heterocycles. The number of nitrogens with one attached hydrogen (secondary N) is 1. The molecule has 21 heavy (non-hydrogen) atoms. The Morgan fingerprint density at radius 1 is 1.33 bits per heavy atom. The van der Waals surface area contributed by atoms with Crippen molar-refractivity contribution in [2.45, 2.75) is 6.92 Å². The lowest BCUT2D eigenvalue weighted by Crippen LogP contribution is -2.12. The molecular formula is C13H12N6O2. The summed E-state index contributed by atoms with van der Waals surface area (Å²) < 4.78 is 6.82. The molecule has 0 radical (unpaired) electrons. The highest BCUT2D eigenvalue weighted by molar-refractivity contribution is 5.93. The zero-order valence-electron chi connectivity index (χ0n) is 11.4. The molecule has 106 valence electrons. The van der Waals surface area contributed by atoms with Gasteiger partial charge in [-0.2, -0.15) is 10.1 Å². The lowest BCUT2D eigenvalue weighted by Gasteiger charge is -2.10. The van der Waals surface area contributed by atoms with Crippen molar-refractivity contribution in [1.82, 2.24) is 24.7 Å². The molecule has 3 rings (SSSR count). The maximum atomic E-state index is 11.2. The van der Waals surface area contributed by atoms with Crippen LogP contribution in [0.3, 0.4) is 0 Å². The topological polar surface area (TPSA) is 94.8 Å². The molecule has 1 N–H and O–H groups in total. The molecule has 0 unspecified atom stereocenters. The second kappa shape index (κ2) is 5.16. The first-order chi connectivity index (χ1) is 10.2. The van der Waals surface area contributed by atoms with Gasteiger partial charge in [0.05, 0.1) is 7.11 Å². The summed E-state index contributed by atoms with van der Waals surface area (Å²) in [6, 6.07) is 5.48.